The first kappa shape index (κ1) is 27.9. The van der Waals surface area contributed by atoms with Gasteiger partial charge in [-0.15, -0.1) is 12.4 Å². The minimum Gasteiger partial charge on any atom is -0.480 e. The summed E-state index contributed by atoms with van der Waals surface area (Å²) in [5, 5.41) is 11.5. The summed E-state index contributed by atoms with van der Waals surface area (Å²) in [4.78, 5) is 10.1. The van der Waals surface area contributed by atoms with Crippen molar-refractivity contribution in [2.24, 2.45) is 11.5 Å². The Bertz CT molecular complexity index is 531. The van der Waals surface area contributed by atoms with Crippen molar-refractivity contribution in [2.45, 2.75) is 57.8 Å². The number of nitrogens with one attached hydrogen (secondary N) is 1. The molecule has 1 aromatic carbocycles. The lowest BCUT2D eigenvalue weighted by Crippen LogP contribution is -2.29. The van der Waals surface area contributed by atoms with Crippen LogP contribution in [0.4, 0.5) is 13.2 Å². The standard InChI is InChI=1S/C12H16F3N.C6H14N2O2.ClH/c1-3-16-9(2)7-10-5-4-6-11(8-10)12(13,14)15;7-4-2-1-3-5(8)6(9)10;/h4-6,8-9,16H,3,7H2,1-2H3;5H,1-4,7-8H2,(H,9,10);1H. The number of carboxylic acids is 1. The number of nitrogens with two attached hydrogens (primary N) is 2. The summed E-state index contributed by atoms with van der Waals surface area (Å²) in [5.41, 5.74) is 10.6. The van der Waals surface area contributed by atoms with Crippen LogP contribution in [0, 0.1) is 0 Å². The van der Waals surface area contributed by atoms with E-state index in [1.54, 1.807) is 6.07 Å². The molecule has 1 aromatic rings. The Labute approximate surface area is 165 Å². The predicted molar refractivity (Wildman–Crippen MR) is 104 cm³/mol. The van der Waals surface area contributed by atoms with Gasteiger partial charge >= 0.3 is 12.1 Å². The highest BCUT2D eigenvalue weighted by Crippen LogP contribution is 2.29. The second-order valence-electron chi connectivity index (χ2n) is 6.09. The summed E-state index contributed by atoms with van der Waals surface area (Å²) >= 11 is 0. The number of carbonyl (C=O) groups is 1. The van der Waals surface area contributed by atoms with Gasteiger partial charge in [0.1, 0.15) is 6.04 Å². The van der Waals surface area contributed by atoms with E-state index in [0.29, 0.717) is 24.9 Å². The lowest BCUT2D eigenvalue weighted by molar-refractivity contribution is -0.139. The summed E-state index contributed by atoms with van der Waals surface area (Å²) in [7, 11) is 0. The monoisotopic (exact) mass is 413 g/mol. The summed E-state index contributed by atoms with van der Waals surface area (Å²) < 4.78 is 37.3. The molecule has 9 heteroatoms. The van der Waals surface area contributed by atoms with Gasteiger partial charge in [-0.05, 0) is 50.9 Å². The summed E-state index contributed by atoms with van der Waals surface area (Å²) in [6.45, 7) is 5.36. The fourth-order valence-electron chi connectivity index (χ4n) is 2.28. The molecule has 158 valence electrons. The number of alkyl halides is 3. The maximum absolute atomic E-state index is 12.4. The molecule has 0 spiro atoms. The zero-order chi connectivity index (χ0) is 20.2. The van der Waals surface area contributed by atoms with Crippen LogP contribution in [0.2, 0.25) is 0 Å². The lowest BCUT2D eigenvalue weighted by Gasteiger charge is -2.13. The Hall–Kier alpha value is -1.35. The van der Waals surface area contributed by atoms with E-state index in [9.17, 15) is 18.0 Å². The fraction of sp³-hybridized carbons (Fsp3) is 0.611. The van der Waals surface area contributed by atoms with E-state index in [1.165, 1.54) is 12.1 Å². The van der Waals surface area contributed by atoms with E-state index in [1.807, 2.05) is 13.8 Å². The zero-order valence-electron chi connectivity index (χ0n) is 15.8. The number of aliphatic carboxylic acids is 1. The second-order valence-corrected chi connectivity index (χ2v) is 6.09. The summed E-state index contributed by atoms with van der Waals surface area (Å²) in [5.74, 6) is -0.933. The van der Waals surface area contributed by atoms with Crippen LogP contribution >= 0.6 is 12.4 Å². The first-order valence-corrected chi connectivity index (χ1v) is 8.69. The Morgan fingerprint density at radius 1 is 1.30 bits per heavy atom. The van der Waals surface area contributed by atoms with Crippen LogP contribution in [-0.2, 0) is 17.4 Å². The smallest absolute Gasteiger partial charge is 0.416 e. The van der Waals surface area contributed by atoms with Crippen molar-refractivity contribution in [3.05, 3.63) is 35.4 Å². The number of hydrogen-bond donors (Lipinski definition) is 4. The number of rotatable bonds is 9. The van der Waals surface area contributed by atoms with Crippen LogP contribution in [0.25, 0.3) is 0 Å². The van der Waals surface area contributed by atoms with Gasteiger partial charge in [0.15, 0.2) is 0 Å². The Kier molecular flexibility index (Phi) is 15.1. The van der Waals surface area contributed by atoms with Gasteiger partial charge < -0.3 is 21.9 Å². The molecule has 0 aliphatic heterocycles. The normalized spacial score (nSPS) is 13.0. The number of unbranched alkanes of at least 4 members (excludes halogenated alkanes) is 1. The molecule has 6 N–H and O–H groups in total. The third kappa shape index (κ3) is 13.5. The van der Waals surface area contributed by atoms with Crippen molar-refractivity contribution >= 4 is 18.4 Å². The summed E-state index contributed by atoms with van der Waals surface area (Å²) in [6, 6.07) is 4.97. The minimum absolute atomic E-state index is 0. The molecule has 0 aliphatic rings. The molecular weight excluding hydrogens is 383 g/mol. The largest absolute Gasteiger partial charge is 0.480 e. The van der Waals surface area contributed by atoms with E-state index in [-0.39, 0.29) is 18.4 Å². The van der Waals surface area contributed by atoms with E-state index < -0.39 is 23.8 Å². The van der Waals surface area contributed by atoms with Crippen LogP contribution in [0.5, 0.6) is 0 Å². The number of benzene rings is 1. The van der Waals surface area contributed by atoms with Gasteiger partial charge in [0, 0.05) is 6.04 Å². The molecule has 0 radical (unpaired) electrons. The minimum atomic E-state index is -4.25. The highest BCUT2D eigenvalue weighted by atomic mass is 35.5. The maximum atomic E-state index is 12.4. The number of halogens is 4. The van der Waals surface area contributed by atoms with Crippen molar-refractivity contribution in [3.63, 3.8) is 0 Å². The molecule has 2 unspecified atom stereocenters. The molecule has 0 heterocycles. The van der Waals surface area contributed by atoms with Gasteiger partial charge in [0.25, 0.3) is 0 Å². The zero-order valence-corrected chi connectivity index (χ0v) is 16.6. The van der Waals surface area contributed by atoms with E-state index in [4.69, 9.17) is 16.6 Å². The van der Waals surface area contributed by atoms with Crippen molar-refractivity contribution in [1.82, 2.24) is 5.32 Å². The molecule has 0 bridgehead atoms. The lowest BCUT2D eigenvalue weighted by atomic mass is 10.0. The highest BCUT2D eigenvalue weighted by Gasteiger charge is 2.30. The van der Waals surface area contributed by atoms with Gasteiger partial charge in [-0.2, -0.15) is 13.2 Å². The SMILES string of the molecule is CCNC(C)Cc1cccc(C(F)(F)F)c1.Cl.NCCCCC(N)C(=O)O. The predicted octanol–water partition coefficient (Wildman–Crippen LogP) is 3.20. The van der Waals surface area contributed by atoms with Gasteiger partial charge in [-0.25, -0.2) is 0 Å². The quantitative estimate of drug-likeness (QED) is 0.466. The molecule has 5 nitrogen and oxygen atoms in total. The first-order valence-electron chi connectivity index (χ1n) is 8.69. The Balaban J connectivity index is 0. The van der Waals surface area contributed by atoms with Crippen molar-refractivity contribution in [1.29, 1.82) is 0 Å². The number of likely N-dealkylation sites (N-methyl/N-ethyl adjacent to an activating group) is 1. The molecule has 27 heavy (non-hydrogen) atoms. The van der Waals surface area contributed by atoms with Gasteiger partial charge in [0.2, 0.25) is 0 Å². The molecule has 0 saturated carbocycles. The second kappa shape index (κ2) is 14.7. The molecule has 1 rings (SSSR count). The first-order chi connectivity index (χ1) is 12.1. The molecule has 2 atom stereocenters. The van der Waals surface area contributed by atoms with Crippen LogP contribution in [0.15, 0.2) is 24.3 Å². The van der Waals surface area contributed by atoms with Crippen molar-refractivity contribution < 1.29 is 23.1 Å². The molecule has 0 fully saturated rings. The van der Waals surface area contributed by atoms with Crippen LogP contribution in [0.3, 0.4) is 0 Å². The Morgan fingerprint density at radius 3 is 2.41 bits per heavy atom. The Morgan fingerprint density at radius 2 is 1.93 bits per heavy atom. The third-order valence-corrected chi connectivity index (χ3v) is 3.64. The van der Waals surface area contributed by atoms with E-state index in [2.05, 4.69) is 5.32 Å². The van der Waals surface area contributed by atoms with Crippen molar-refractivity contribution in [3.8, 4) is 0 Å². The number of hydrogen-bond acceptors (Lipinski definition) is 4. The summed E-state index contributed by atoms with van der Waals surface area (Å²) in [6.07, 6.45) is -1.48. The van der Waals surface area contributed by atoms with Crippen LogP contribution in [-0.4, -0.2) is 36.2 Å². The highest BCUT2D eigenvalue weighted by molar-refractivity contribution is 5.85. The maximum Gasteiger partial charge on any atom is 0.416 e. The molecule has 0 aliphatic carbocycles. The average molecular weight is 414 g/mol. The number of carboxylic acid groups (broad SMARTS) is 1. The van der Waals surface area contributed by atoms with E-state index in [0.717, 1.165) is 25.5 Å². The van der Waals surface area contributed by atoms with Gasteiger partial charge in [-0.1, -0.05) is 31.5 Å². The van der Waals surface area contributed by atoms with Crippen LogP contribution < -0.4 is 16.8 Å². The topological polar surface area (TPSA) is 101 Å². The molecule has 0 amide bonds. The fourth-order valence-corrected chi connectivity index (χ4v) is 2.28. The molecule has 0 aromatic heterocycles. The molecular formula is C18H31ClF3N3O2. The van der Waals surface area contributed by atoms with Gasteiger partial charge in [-0.3, -0.25) is 4.79 Å². The van der Waals surface area contributed by atoms with Crippen molar-refractivity contribution in [2.75, 3.05) is 13.1 Å². The van der Waals surface area contributed by atoms with E-state index >= 15 is 0 Å². The third-order valence-electron chi connectivity index (χ3n) is 3.64. The average Bonchev–Trinajstić information content (AvgIpc) is 2.55. The van der Waals surface area contributed by atoms with Crippen LogP contribution in [0.1, 0.15) is 44.2 Å². The van der Waals surface area contributed by atoms with Gasteiger partial charge in [0.05, 0.1) is 5.56 Å². The molecule has 0 saturated heterocycles.